The Morgan fingerprint density at radius 2 is 1.42 bits per heavy atom. The van der Waals surface area contributed by atoms with Crippen LogP contribution in [0.25, 0.3) is 11.1 Å². The Labute approximate surface area is 255 Å². The second-order valence-corrected chi connectivity index (χ2v) is 9.83. The Bertz CT molecular complexity index is 1680. The SMILES string of the molecule is CN1C(=O)C[C@H](C(=O)O)[C@H]1c1cccnc1.Cc1cc(C(=O)O)[nH]n1.Nc1ccc(-c2ccc(N)c(C(=O)O)c2)cc1C(=O)O. The lowest BCUT2D eigenvalue weighted by atomic mass is 9.95. The van der Waals surface area contributed by atoms with E-state index in [0.717, 1.165) is 5.56 Å². The fourth-order valence-electron chi connectivity index (χ4n) is 4.47. The van der Waals surface area contributed by atoms with Crippen LogP contribution in [-0.2, 0) is 9.59 Å². The number of anilines is 2. The maximum Gasteiger partial charge on any atom is 0.353 e. The molecule has 2 atom stereocenters. The highest BCUT2D eigenvalue weighted by atomic mass is 16.4. The zero-order valence-electron chi connectivity index (χ0n) is 24.0. The van der Waals surface area contributed by atoms with Gasteiger partial charge < -0.3 is 36.8 Å². The number of carbonyl (C=O) groups is 5. The third kappa shape index (κ3) is 8.19. The van der Waals surface area contributed by atoms with Crippen molar-refractivity contribution < 1.29 is 44.4 Å². The van der Waals surface area contributed by atoms with Crippen molar-refractivity contribution >= 4 is 41.2 Å². The average molecular weight is 619 g/mol. The number of H-pyrrole nitrogens is 1. The first-order valence-corrected chi connectivity index (χ1v) is 13.1. The molecule has 0 bridgehead atoms. The number of carboxylic acid groups (broad SMARTS) is 4. The number of aromatic amines is 1. The molecule has 1 aliphatic heterocycles. The van der Waals surface area contributed by atoms with Gasteiger partial charge in [-0.2, -0.15) is 5.10 Å². The number of nitrogens with one attached hydrogen (secondary N) is 1. The fourth-order valence-corrected chi connectivity index (χ4v) is 4.47. The van der Waals surface area contributed by atoms with Crippen molar-refractivity contribution in [2.24, 2.45) is 5.92 Å². The minimum absolute atomic E-state index is 0.0313. The quantitative estimate of drug-likeness (QED) is 0.153. The van der Waals surface area contributed by atoms with Gasteiger partial charge in [0.1, 0.15) is 5.69 Å². The molecule has 0 saturated carbocycles. The van der Waals surface area contributed by atoms with Gasteiger partial charge in [-0.05, 0) is 60.0 Å². The summed E-state index contributed by atoms with van der Waals surface area (Å²) in [7, 11) is 1.63. The van der Waals surface area contributed by atoms with Crippen LogP contribution in [-0.4, -0.2) is 77.3 Å². The number of nitrogens with two attached hydrogens (primary N) is 2. The van der Waals surface area contributed by atoms with Crippen LogP contribution < -0.4 is 11.5 Å². The second kappa shape index (κ2) is 14.3. The molecule has 0 aliphatic carbocycles. The molecule has 1 aliphatic rings. The summed E-state index contributed by atoms with van der Waals surface area (Å²) in [5.74, 6) is -5.01. The maximum atomic E-state index is 11.5. The Morgan fingerprint density at radius 1 is 0.867 bits per heavy atom. The predicted molar refractivity (Wildman–Crippen MR) is 160 cm³/mol. The molecule has 5 rings (SSSR count). The number of carbonyl (C=O) groups excluding carboxylic acids is 1. The van der Waals surface area contributed by atoms with Crippen LogP contribution in [0, 0.1) is 12.8 Å². The zero-order valence-corrected chi connectivity index (χ0v) is 24.0. The number of amides is 1. The van der Waals surface area contributed by atoms with Crippen molar-refractivity contribution in [2.75, 3.05) is 18.5 Å². The highest BCUT2D eigenvalue weighted by molar-refractivity contribution is 5.97. The van der Waals surface area contributed by atoms with Gasteiger partial charge >= 0.3 is 23.9 Å². The molecule has 15 nitrogen and oxygen atoms in total. The van der Waals surface area contributed by atoms with Gasteiger partial charge in [0.15, 0.2) is 0 Å². The van der Waals surface area contributed by atoms with Gasteiger partial charge in [-0.3, -0.25) is 19.7 Å². The smallest absolute Gasteiger partial charge is 0.353 e. The molecule has 2 aromatic carbocycles. The number of likely N-dealkylation sites (tertiary alicyclic amines) is 1. The van der Waals surface area contributed by atoms with Gasteiger partial charge in [-0.25, -0.2) is 14.4 Å². The fraction of sp³-hybridized carbons (Fsp3) is 0.167. The molecule has 9 N–H and O–H groups in total. The van der Waals surface area contributed by atoms with Gasteiger partial charge in [0.05, 0.1) is 28.8 Å². The number of aromatic carboxylic acids is 3. The summed E-state index contributed by atoms with van der Waals surface area (Å²) in [5, 5.41) is 41.5. The molecule has 234 valence electrons. The van der Waals surface area contributed by atoms with Crippen LogP contribution in [0.4, 0.5) is 11.4 Å². The zero-order chi connectivity index (χ0) is 33.4. The van der Waals surface area contributed by atoms with Crippen LogP contribution in [0.3, 0.4) is 0 Å². The second-order valence-electron chi connectivity index (χ2n) is 9.83. The van der Waals surface area contributed by atoms with E-state index in [1.165, 1.54) is 35.2 Å². The maximum absolute atomic E-state index is 11.5. The minimum atomic E-state index is -1.14. The number of hydrogen-bond donors (Lipinski definition) is 7. The van der Waals surface area contributed by atoms with E-state index >= 15 is 0 Å². The van der Waals surface area contributed by atoms with Crippen molar-refractivity contribution in [1.82, 2.24) is 20.1 Å². The van der Waals surface area contributed by atoms with Crippen LogP contribution in [0.1, 0.15) is 54.9 Å². The third-order valence-corrected chi connectivity index (χ3v) is 6.77. The molecule has 3 heterocycles. The van der Waals surface area contributed by atoms with E-state index in [4.69, 9.17) is 31.9 Å². The van der Waals surface area contributed by atoms with Crippen molar-refractivity contribution in [3.8, 4) is 11.1 Å². The van der Waals surface area contributed by atoms with E-state index in [-0.39, 0.29) is 40.5 Å². The van der Waals surface area contributed by atoms with Crippen molar-refractivity contribution in [1.29, 1.82) is 0 Å². The minimum Gasteiger partial charge on any atom is -0.481 e. The van der Waals surface area contributed by atoms with Gasteiger partial charge in [0, 0.05) is 37.2 Å². The molecule has 0 spiro atoms. The highest BCUT2D eigenvalue weighted by Crippen LogP contribution is 2.36. The monoisotopic (exact) mass is 618 g/mol. The van der Waals surface area contributed by atoms with Crippen molar-refractivity contribution in [3.63, 3.8) is 0 Å². The summed E-state index contributed by atoms with van der Waals surface area (Å²) in [5.41, 5.74) is 14.1. The van der Waals surface area contributed by atoms with Crippen molar-refractivity contribution in [3.05, 3.63) is 95.1 Å². The molecular weight excluding hydrogens is 588 g/mol. The van der Waals surface area contributed by atoms with Gasteiger partial charge in [-0.1, -0.05) is 18.2 Å². The molecule has 1 amide bonds. The van der Waals surface area contributed by atoms with Crippen molar-refractivity contribution in [2.45, 2.75) is 19.4 Å². The number of aliphatic carboxylic acids is 1. The number of aromatic nitrogens is 3. The lowest BCUT2D eigenvalue weighted by Gasteiger charge is -2.22. The Kier molecular flexibility index (Phi) is 10.6. The molecule has 1 saturated heterocycles. The predicted octanol–water partition coefficient (Wildman–Crippen LogP) is 3.02. The van der Waals surface area contributed by atoms with Crippen LogP contribution in [0.2, 0.25) is 0 Å². The van der Waals surface area contributed by atoms with E-state index in [9.17, 15) is 24.0 Å². The third-order valence-electron chi connectivity index (χ3n) is 6.77. The van der Waals surface area contributed by atoms with E-state index in [1.54, 1.807) is 50.6 Å². The topological polar surface area (TPSA) is 263 Å². The first-order valence-electron chi connectivity index (χ1n) is 13.1. The number of nitrogen functional groups attached to an aromatic ring is 2. The Morgan fingerprint density at radius 3 is 1.80 bits per heavy atom. The van der Waals surface area contributed by atoms with E-state index in [1.807, 2.05) is 0 Å². The molecule has 4 aromatic rings. The first kappa shape index (κ1) is 33.3. The first-order chi connectivity index (χ1) is 21.2. The standard InChI is InChI=1S/C14H12N2O4.C11H12N2O3.C5H6N2O2/c15-11-3-1-7(5-9(11)13(17)18)8-2-4-12(16)10(6-8)14(19)20;1-13-9(14)5-8(11(15)16)10(13)7-3-2-4-12-6-7;1-3-2-4(5(8)9)7-6-3/h1-6H,15-16H2,(H,17,18)(H,19,20);2-4,6,8,10H,5H2,1H3,(H,15,16);2H,1H3,(H,6,7)(H,8,9)/t;8-,10+;/m.0./s1. The van der Waals surface area contributed by atoms with Gasteiger partial charge in [-0.15, -0.1) is 0 Å². The lowest BCUT2D eigenvalue weighted by Crippen LogP contribution is -2.26. The van der Waals surface area contributed by atoms with E-state index < -0.39 is 35.8 Å². The van der Waals surface area contributed by atoms with Crippen LogP contribution in [0.15, 0.2) is 67.0 Å². The molecule has 45 heavy (non-hydrogen) atoms. The molecular formula is C30H30N6O9. The van der Waals surface area contributed by atoms with Crippen LogP contribution in [0.5, 0.6) is 0 Å². The molecule has 2 aromatic heterocycles. The summed E-state index contributed by atoms with van der Waals surface area (Å²) in [6.45, 7) is 1.73. The summed E-state index contributed by atoms with van der Waals surface area (Å²) in [6, 6.07) is 13.6. The lowest BCUT2D eigenvalue weighted by molar-refractivity contribution is -0.142. The summed E-state index contributed by atoms with van der Waals surface area (Å²) in [6.07, 6.45) is 3.29. The average Bonchev–Trinajstić information content (AvgIpc) is 3.57. The number of benzene rings is 2. The summed E-state index contributed by atoms with van der Waals surface area (Å²) in [4.78, 5) is 60.2. The number of pyridine rings is 1. The molecule has 1 fully saturated rings. The number of aryl methyl sites for hydroxylation is 1. The summed E-state index contributed by atoms with van der Waals surface area (Å²) >= 11 is 0. The number of rotatable bonds is 6. The van der Waals surface area contributed by atoms with E-state index in [2.05, 4.69) is 15.2 Å². The normalized spacial score (nSPS) is 15.2. The largest absolute Gasteiger partial charge is 0.481 e. The van der Waals surface area contributed by atoms with Gasteiger partial charge in [0.25, 0.3) is 0 Å². The number of hydrogen-bond acceptors (Lipinski definition) is 9. The van der Waals surface area contributed by atoms with E-state index in [0.29, 0.717) is 16.8 Å². The van der Waals surface area contributed by atoms with Gasteiger partial charge in [0.2, 0.25) is 5.91 Å². The highest BCUT2D eigenvalue weighted by Gasteiger charge is 2.42. The van der Waals surface area contributed by atoms with Crippen LogP contribution >= 0.6 is 0 Å². The number of nitrogens with zero attached hydrogens (tertiary/aromatic N) is 3. The number of carboxylic acids is 4. The molecule has 15 heteroatoms. The molecule has 0 unspecified atom stereocenters. The summed E-state index contributed by atoms with van der Waals surface area (Å²) < 4.78 is 0. The molecule has 0 radical (unpaired) electrons. The Balaban J connectivity index is 0.000000197. The Hall–Kier alpha value is -6.25.